The van der Waals surface area contributed by atoms with E-state index in [4.69, 9.17) is 0 Å². The number of hydrogen-bond acceptors (Lipinski definition) is 1. The Balaban J connectivity index is 1.91. The van der Waals surface area contributed by atoms with Gasteiger partial charge in [0.05, 0.1) is 6.42 Å². The van der Waals surface area contributed by atoms with Crippen LogP contribution in [0.5, 0.6) is 0 Å². The first-order valence-electron chi connectivity index (χ1n) is 6.70. The molecule has 0 atom stereocenters. The van der Waals surface area contributed by atoms with Gasteiger partial charge in [0.1, 0.15) is 0 Å². The Morgan fingerprint density at radius 1 is 0.947 bits per heavy atom. The molecule has 98 valence electrons. The van der Waals surface area contributed by atoms with E-state index in [1.165, 1.54) is 5.56 Å². The fraction of sp³-hybridized carbons (Fsp3) is 0.235. The van der Waals surface area contributed by atoms with E-state index < -0.39 is 0 Å². The fourth-order valence-corrected chi connectivity index (χ4v) is 2.03. The molecule has 2 nitrogen and oxygen atoms in total. The zero-order valence-corrected chi connectivity index (χ0v) is 11.2. The summed E-state index contributed by atoms with van der Waals surface area (Å²) in [6.45, 7) is 2.16. The Bertz CT molecular complexity index is 517. The SMILES string of the molecule is CCCc1ccc(NC(=O)Cc2ccccc2)cc1. The molecular formula is C17H19NO. The van der Waals surface area contributed by atoms with Crippen molar-refractivity contribution in [1.29, 1.82) is 0 Å². The number of benzene rings is 2. The maximum atomic E-state index is 11.9. The van der Waals surface area contributed by atoms with Crippen molar-refractivity contribution in [3.8, 4) is 0 Å². The Kier molecular flexibility index (Phi) is 4.73. The lowest BCUT2D eigenvalue weighted by Gasteiger charge is -2.06. The molecule has 0 aliphatic carbocycles. The van der Waals surface area contributed by atoms with Gasteiger partial charge < -0.3 is 5.32 Å². The smallest absolute Gasteiger partial charge is 0.228 e. The number of rotatable bonds is 5. The minimum atomic E-state index is 0.0226. The maximum Gasteiger partial charge on any atom is 0.228 e. The van der Waals surface area contributed by atoms with Gasteiger partial charge in [0, 0.05) is 5.69 Å². The Morgan fingerprint density at radius 2 is 1.63 bits per heavy atom. The van der Waals surface area contributed by atoms with Gasteiger partial charge in [-0.15, -0.1) is 0 Å². The molecule has 2 rings (SSSR count). The van der Waals surface area contributed by atoms with E-state index in [0.29, 0.717) is 6.42 Å². The summed E-state index contributed by atoms with van der Waals surface area (Å²) >= 11 is 0. The largest absolute Gasteiger partial charge is 0.326 e. The molecule has 0 aliphatic rings. The first-order chi connectivity index (χ1) is 9.28. The maximum absolute atomic E-state index is 11.9. The molecule has 0 fully saturated rings. The molecule has 1 amide bonds. The molecule has 2 aromatic carbocycles. The molecule has 2 heteroatoms. The van der Waals surface area contributed by atoms with Crippen LogP contribution in [-0.2, 0) is 17.6 Å². The average molecular weight is 253 g/mol. The summed E-state index contributed by atoms with van der Waals surface area (Å²) in [6.07, 6.45) is 2.63. The Labute approximate surface area is 114 Å². The van der Waals surface area contributed by atoms with Crippen molar-refractivity contribution in [2.45, 2.75) is 26.2 Å². The number of carbonyl (C=O) groups is 1. The predicted octanol–water partition coefficient (Wildman–Crippen LogP) is 3.82. The summed E-state index contributed by atoms with van der Waals surface area (Å²) in [5, 5.41) is 2.92. The van der Waals surface area contributed by atoms with Crippen LogP contribution in [0.4, 0.5) is 5.69 Å². The quantitative estimate of drug-likeness (QED) is 0.862. The van der Waals surface area contributed by atoms with Crippen LogP contribution in [0, 0.1) is 0 Å². The van der Waals surface area contributed by atoms with Crippen LogP contribution in [-0.4, -0.2) is 5.91 Å². The van der Waals surface area contributed by atoms with Gasteiger partial charge in [0.25, 0.3) is 0 Å². The van der Waals surface area contributed by atoms with Crippen LogP contribution in [0.1, 0.15) is 24.5 Å². The highest BCUT2D eigenvalue weighted by Gasteiger charge is 2.03. The molecule has 0 radical (unpaired) electrons. The second kappa shape index (κ2) is 6.74. The highest BCUT2D eigenvalue weighted by atomic mass is 16.1. The van der Waals surface area contributed by atoms with Gasteiger partial charge in [-0.25, -0.2) is 0 Å². The van der Waals surface area contributed by atoms with E-state index in [-0.39, 0.29) is 5.91 Å². The molecule has 0 bridgehead atoms. The summed E-state index contributed by atoms with van der Waals surface area (Å²) < 4.78 is 0. The summed E-state index contributed by atoms with van der Waals surface area (Å²) in [5.74, 6) is 0.0226. The first kappa shape index (κ1) is 13.3. The molecule has 0 heterocycles. The summed E-state index contributed by atoms with van der Waals surface area (Å²) in [7, 11) is 0. The molecule has 0 saturated heterocycles. The lowest BCUT2D eigenvalue weighted by Crippen LogP contribution is -2.14. The van der Waals surface area contributed by atoms with Crippen LogP contribution in [0.2, 0.25) is 0 Å². The van der Waals surface area contributed by atoms with Crippen LogP contribution in [0.25, 0.3) is 0 Å². The molecule has 0 aromatic heterocycles. The van der Waals surface area contributed by atoms with Gasteiger partial charge in [0.15, 0.2) is 0 Å². The van der Waals surface area contributed by atoms with Crippen molar-refractivity contribution in [2.24, 2.45) is 0 Å². The Morgan fingerprint density at radius 3 is 2.26 bits per heavy atom. The lowest BCUT2D eigenvalue weighted by atomic mass is 10.1. The third-order valence-electron chi connectivity index (χ3n) is 2.98. The second-order valence-electron chi connectivity index (χ2n) is 4.66. The number of nitrogens with one attached hydrogen (secondary N) is 1. The minimum absolute atomic E-state index is 0.0226. The van der Waals surface area contributed by atoms with Gasteiger partial charge in [-0.05, 0) is 29.7 Å². The van der Waals surface area contributed by atoms with E-state index >= 15 is 0 Å². The molecule has 0 saturated carbocycles. The zero-order chi connectivity index (χ0) is 13.5. The summed E-state index contributed by atoms with van der Waals surface area (Å²) in [6, 6.07) is 17.8. The molecule has 0 unspecified atom stereocenters. The number of amides is 1. The number of aryl methyl sites for hydroxylation is 1. The van der Waals surface area contributed by atoms with E-state index in [2.05, 4.69) is 24.4 Å². The summed E-state index contributed by atoms with van der Waals surface area (Å²) in [5.41, 5.74) is 3.20. The van der Waals surface area contributed by atoms with Gasteiger partial charge in [0.2, 0.25) is 5.91 Å². The van der Waals surface area contributed by atoms with Crippen LogP contribution >= 0.6 is 0 Å². The number of carbonyl (C=O) groups excluding carboxylic acids is 1. The highest BCUT2D eigenvalue weighted by Crippen LogP contribution is 2.11. The van der Waals surface area contributed by atoms with Crippen LogP contribution < -0.4 is 5.32 Å². The predicted molar refractivity (Wildman–Crippen MR) is 79.2 cm³/mol. The standard InChI is InChI=1S/C17H19NO/c1-2-6-14-9-11-16(12-10-14)18-17(19)13-15-7-4-3-5-8-15/h3-5,7-12H,2,6,13H2,1H3,(H,18,19). The third kappa shape index (κ3) is 4.25. The highest BCUT2D eigenvalue weighted by molar-refractivity contribution is 5.92. The van der Waals surface area contributed by atoms with E-state index in [1.807, 2.05) is 42.5 Å². The number of anilines is 1. The lowest BCUT2D eigenvalue weighted by molar-refractivity contribution is -0.115. The normalized spacial score (nSPS) is 10.2. The minimum Gasteiger partial charge on any atom is -0.326 e. The van der Waals surface area contributed by atoms with Gasteiger partial charge in [-0.1, -0.05) is 55.8 Å². The molecule has 0 aliphatic heterocycles. The van der Waals surface area contributed by atoms with Crippen molar-refractivity contribution in [2.75, 3.05) is 5.32 Å². The molecule has 19 heavy (non-hydrogen) atoms. The van der Waals surface area contributed by atoms with Crippen molar-refractivity contribution < 1.29 is 4.79 Å². The van der Waals surface area contributed by atoms with E-state index in [9.17, 15) is 4.79 Å². The average Bonchev–Trinajstić information content (AvgIpc) is 2.42. The summed E-state index contributed by atoms with van der Waals surface area (Å²) in [4.78, 5) is 11.9. The van der Waals surface area contributed by atoms with Crippen molar-refractivity contribution >= 4 is 11.6 Å². The van der Waals surface area contributed by atoms with Crippen molar-refractivity contribution in [3.63, 3.8) is 0 Å². The first-order valence-corrected chi connectivity index (χ1v) is 6.70. The van der Waals surface area contributed by atoms with Gasteiger partial charge in [-0.3, -0.25) is 4.79 Å². The molecule has 1 N–H and O–H groups in total. The van der Waals surface area contributed by atoms with E-state index in [1.54, 1.807) is 0 Å². The van der Waals surface area contributed by atoms with Crippen molar-refractivity contribution in [3.05, 3.63) is 65.7 Å². The van der Waals surface area contributed by atoms with Crippen LogP contribution in [0.15, 0.2) is 54.6 Å². The number of hydrogen-bond donors (Lipinski definition) is 1. The molecule has 0 spiro atoms. The third-order valence-corrected chi connectivity index (χ3v) is 2.98. The molecular weight excluding hydrogens is 234 g/mol. The Hall–Kier alpha value is -2.09. The molecule has 2 aromatic rings. The van der Waals surface area contributed by atoms with Gasteiger partial charge in [-0.2, -0.15) is 0 Å². The van der Waals surface area contributed by atoms with Crippen LogP contribution in [0.3, 0.4) is 0 Å². The fourth-order valence-electron chi connectivity index (χ4n) is 2.03. The van der Waals surface area contributed by atoms with E-state index in [0.717, 1.165) is 24.1 Å². The zero-order valence-electron chi connectivity index (χ0n) is 11.2. The monoisotopic (exact) mass is 253 g/mol. The van der Waals surface area contributed by atoms with Crippen molar-refractivity contribution in [1.82, 2.24) is 0 Å². The topological polar surface area (TPSA) is 29.1 Å². The second-order valence-corrected chi connectivity index (χ2v) is 4.66. The van der Waals surface area contributed by atoms with Gasteiger partial charge >= 0.3 is 0 Å².